The molecule has 0 radical (unpaired) electrons. The van der Waals surface area contributed by atoms with Gasteiger partial charge in [-0.2, -0.15) is 0 Å². The lowest BCUT2D eigenvalue weighted by Gasteiger charge is -2.34. The van der Waals surface area contributed by atoms with Crippen LogP contribution in [0.3, 0.4) is 0 Å². The highest BCUT2D eigenvalue weighted by molar-refractivity contribution is 5.67. The molecule has 1 saturated heterocycles. The van der Waals surface area contributed by atoms with Crippen LogP contribution < -0.4 is 5.32 Å². The van der Waals surface area contributed by atoms with Gasteiger partial charge < -0.3 is 15.2 Å². The van der Waals surface area contributed by atoms with Crippen LogP contribution in [0, 0.1) is 5.92 Å². The van der Waals surface area contributed by atoms with Crippen LogP contribution in [0.1, 0.15) is 33.1 Å². The summed E-state index contributed by atoms with van der Waals surface area (Å²) in [5, 5.41) is 11.9. The Labute approximate surface area is 91.0 Å². The zero-order valence-electron chi connectivity index (χ0n) is 9.53. The number of rotatable bonds is 5. The van der Waals surface area contributed by atoms with E-state index in [-0.39, 0.29) is 18.6 Å². The highest BCUT2D eigenvalue weighted by atomic mass is 16.5. The molecule has 0 aromatic heterocycles. The standard InChI is InChI=1S/C11H21NO3/c1-3-8(4-2)10-7-12-6-9(15-10)5-11(13)14/h8-10,12H,3-7H2,1-2H3,(H,13,14). The summed E-state index contributed by atoms with van der Waals surface area (Å²) in [6, 6.07) is 0. The number of carboxylic acids is 1. The van der Waals surface area contributed by atoms with Crippen molar-refractivity contribution in [1.82, 2.24) is 5.32 Å². The number of aliphatic carboxylic acids is 1. The minimum absolute atomic E-state index is 0.101. The van der Waals surface area contributed by atoms with Gasteiger partial charge in [0.05, 0.1) is 18.6 Å². The summed E-state index contributed by atoms with van der Waals surface area (Å²) in [6.45, 7) is 5.81. The average Bonchev–Trinajstić information content (AvgIpc) is 2.19. The quantitative estimate of drug-likeness (QED) is 0.724. The Kier molecular flexibility index (Phi) is 5.05. The summed E-state index contributed by atoms with van der Waals surface area (Å²) in [5.41, 5.74) is 0. The van der Waals surface area contributed by atoms with Gasteiger partial charge in [-0.3, -0.25) is 4.79 Å². The van der Waals surface area contributed by atoms with Crippen LogP contribution in [0.5, 0.6) is 0 Å². The fourth-order valence-electron chi connectivity index (χ4n) is 2.14. The van der Waals surface area contributed by atoms with Gasteiger partial charge in [0.25, 0.3) is 0 Å². The van der Waals surface area contributed by atoms with E-state index in [4.69, 9.17) is 9.84 Å². The molecule has 1 heterocycles. The monoisotopic (exact) mass is 215 g/mol. The Morgan fingerprint density at radius 2 is 2.13 bits per heavy atom. The van der Waals surface area contributed by atoms with Crippen molar-refractivity contribution in [1.29, 1.82) is 0 Å². The van der Waals surface area contributed by atoms with Crippen LogP contribution in [0.2, 0.25) is 0 Å². The first-order valence-electron chi connectivity index (χ1n) is 5.75. The Hall–Kier alpha value is -0.610. The molecular formula is C11H21NO3. The summed E-state index contributed by atoms with van der Waals surface area (Å²) < 4.78 is 5.80. The maximum atomic E-state index is 10.6. The molecular weight excluding hydrogens is 194 g/mol. The van der Waals surface area contributed by atoms with Crippen molar-refractivity contribution in [3.8, 4) is 0 Å². The molecule has 4 heteroatoms. The smallest absolute Gasteiger partial charge is 0.306 e. The molecule has 1 aliphatic rings. The van der Waals surface area contributed by atoms with E-state index < -0.39 is 5.97 Å². The van der Waals surface area contributed by atoms with E-state index in [1.807, 2.05) is 0 Å². The lowest BCUT2D eigenvalue weighted by molar-refractivity contribution is -0.143. The van der Waals surface area contributed by atoms with Crippen molar-refractivity contribution < 1.29 is 14.6 Å². The second kappa shape index (κ2) is 6.08. The second-order valence-electron chi connectivity index (χ2n) is 4.13. The highest BCUT2D eigenvalue weighted by Crippen LogP contribution is 2.20. The van der Waals surface area contributed by atoms with Gasteiger partial charge in [0.15, 0.2) is 0 Å². The number of carboxylic acid groups (broad SMARTS) is 1. The molecule has 0 aromatic carbocycles. The molecule has 1 fully saturated rings. The number of nitrogens with one attached hydrogen (secondary N) is 1. The molecule has 1 aliphatic heterocycles. The Balaban J connectivity index is 2.44. The molecule has 4 nitrogen and oxygen atoms in total. The molecule has 0 amide bonds. The molecule has 0 aliphatic carbocycles. The van der Waals surface area contributed by atoms with Crippen LogP contribution in [0.25, 0.3) is 0 Å². The first-order valence-corrected chi connectivity index (χ1v) is 5.75. The minimum atomic E-state index is -0.785. The van der Waals surface area contributed by atoms with Gasteiger partial charge in [0, 0.05) is 13.1 Å². The Morgan fingerprint density at radius 1 is 1.47 bits per heavy atom. The van der Waals surface area contributed by atoms with E-state index in [9.17, 15) is 4.79 Å². The Morgan fingerprint density at radius 3 is 2.67 bits per heavy atom. The first kappa shape index (κ1) is 12.5. The van der Waals surface area contributed by atoms with E-state index in [0.29, 0.717) is 12.5 Å². The van der Waals surface area contributed by atoms with E-state index in [2.05, 4.69) is 19.2 Å². The van der Waals surface area contributed by atoms with E-state index in [0.717, 1.165) is 19.4 Å². The van der Waals surface area contributed by atoms with Crippen LogP contribution in [-0.4, -0.2) is 36.4 Å². The van der Waals surface area contributed by atoms with Gasteiger partial charge in [-0.15, -0.1) is 0 Å². The van der Waals surface area contributed by atoms with E-state index >= 15 is 0 Å². The van der Waals surface area contributed by atoms with Crippen molar-refractivity contribution in [2.45, 2.75) is 45.3 Å². The molecule has 15 heavy (non-hydrogen) atoms. The van der Waals surface area contributed by atoms with Crippen molar-refractivity contribution >= 4 is 5.97 Å². The highest BCUT2D eigenvalue weighted by Gasteiger charge is 2.28. The van der Waals surface area contributed by atoms with Gasteiger partial charge >= 0.3 is 5.97 Å². The molecule has 2 atom stereocenters. The van der Waals surface area contributed by atoms with Gasteiger partial charge in [-0.05, 0) is 5.92 Å². The van der Waals surface area contributed by atoms with Gasteiger partial charge in [-0.25, -0.2) is 0 Å². The fourth-order valence-corrected chi connectivity index (χ4v) is 2.14. The van der Waals surface area contributed by atoms with Gasteiger partial charge in [0.2, 0.25) is 0 Å². The molecule has 2 unspecified atom stereocenters. The summed E-state index contributed by atoms with van der Waals surface area (Å²) in [5.74, 6) is -0.249. The number of carbonyl (C=O) groups is 1. The predicted octanol–water partition coefficient (Wildman–Crippen LogP) is 1.25. The maximum Gasteiger partial charge on any atom is 0.306 e. The lowest BCUT2D eigenvalue weighted by Crippen LogP contribution is -2.48. The third-order valence-corrected chi connectivity index (χ3v) is 3.06. The molecule has 2 N–H and O–H groups in total. The van der Waals surface area contributed by atoms with Crippen LogP contribution in [-0.2, 0) is 9.53 Å². The summed E-state index contributed by atoms with van der Waals surface area (Å²) >= 11 is 0. The number of ether oxygens (including phenoxy) is 1. The third-order valence-electron chi connectivity index (χ3n) is 3.06. The molecule has 0 aromatic rings. The molecule has 0 bridgehead atoms. The summed E-state index contributed by atoms with van der Waals surface area (Å²) in [6.07, 6.45) is 2.29. The molecule has 88 valence electrons. The SMILES string of the molecule is CCC(CC)C1CNCC(CC(=O)O)O1. The third kappa shape index (κ3) is 3.80. The van der Waals surface area contributed by atoms with Crippen LogP contribution in [0.4, 0.5) is 0 Å². The number of hydrogen-bond donors (Lipinski definition) is 2. The van der Waals surface area contributed by atoms with E-state index in [1.165, 1.54) is 0 Å². The van der Waals surface area contributed by atoms with Gasteiger partial charge in [-0.1, -0.05) is 26.7 Å². The number of hydrogen-bond acceptors (Lipinski definition) is 3. The van der Waals surface area contributed by atoms with Crippen molar-refractivity contribution in [3.05, 3.63) is 0 Å². The van der Waals surface area contributed by atoms with E-state index in [1.54, 1.807) is 0 Å². The minimum Gasteiger partial charge on any atom is -0.481 e. The molecule has 0 saturated carbocycles. The second-order valence-corrected chi connectivity index (χ2v) is 4.13. The van der Waals surface area contributed by atoms with Crippen molar-refractivity contribution in [2.75, 3.05) is 13.1 Å². The predicted molar refractivity (Wildman–Crippen MR) is 57.9 cm³/mol. The molecule has 0 spiro atoms. The zero-order valence-corrected chi connectivity index (χ0v) is 9.53. The van der Waals surface area contributed by atoms with Crippen molar-refractivity contribution in [2.24, 2.45) is 5.92 Å². The average molecular weight is 215 g/mol. The lowest BCUT2D eigenvalue weighted by atomic mass is 9.95. The summed E-state index contributed by atoms with van der Waals surface area (Å²) in [7, 11) is 0. The first-order chi connectivity index (χ1) is 7.17. The largest absolute Gasteiger partial charge is 0.481 e. The van der Waals surface area contributed by atoms with Gasteiger partial charge in [0.1, 0.15) is 0 Å². The van der Waals surface area contributed by atoms with Crippen LogP contribution in [0.15, 0.2) is 0 Å². The normalized spacial score (nSPS) is 26.9. The Bertz CT molecular complexity index is 204. The fraction of sp³-hybridized carbons (Fsp3) is 0.909. The topological polar surface area (TPSA) is 58.6 Å². The number of morpholine rings is 1. The zero-order chi connectivity index (χ0) is 11.3. The molecule has 1 rings (SSSR count). The van der Waals surface area contributed by atoms with Crippen molar-refractivity contribution in [3.63, 3.8) is 0 Å². The van der Waals surface area contributed by atoms with Crippen LogP contribution >= 0.6 is 0 Å². The maximum absolute atomic E-state index is 10.6. The summed E-state index contributed by atoms with van der Waals surface area (Å²) in [4.78, 5) is 10.6.